The summed E-state index contributed by atoms with van der Waals surface area (Å²) in [6.07, 6.45) is 0.151. The van der Waals surface area contributed by atoms with Crippen LogP contribution in [-0.4, -0.2) is 52.3 Å². The van der Waals surface area contributed by atoms with Gasteiger partial charge in [0.2, 0.25) is 5.91 Å². The van der Waals surface area contributed by atoms with Crippen LogP contribution in [0.5, 0.6) is 0 Å². The molecule has 1 aromatic carbocycles. The number of carboxylic acid groups (broad SMARTS) is 1. The van der Waals surface area contributed by atoms with Crippen LogP contribution in [0.3, 0.4) is 0 Å². The summed E-state index contributed by atoms with van der Waals surface area (Å²) < 4.78 is 0. The standard InChI is InChI=1S/C14H13N3O5/c18-10(6-8-4-2-1-3-5-8)15-11-9-7-22-16-12(14(20)21)17(9)13(11)19/h1-5,9,11H,6-7H2,(H,15,18)(H,20,21)/t9-,11+/m0/s1. The maximum atomic E-state index is 12.0. The number of amides is 2. The topological polar surface area (TPSA) is 108 Å². The molecule has 2 atom stereocenters. The van der Waals surface area contributed by atoms with Gasteiger partial charge in [0, 0.05) is 0 Å². The van der Waals surface area contributed by atoms with Crippen molar-refractivity contribution in [1.82, 2.24) is 10.2 Å². The summed E-state index contributed by atoms with van der Waals surface area (Å²) in [7, 11) is 0. The number of benzene rings is 1. The van der Waals surface area contributed by atoms with Crippen LogP contribution < -0.4 is 5.32 Å². The van der Waals surface area contributed by atoms with E-state index in [1.807, 2.05) is 30.3 Å². The lowest BCUT2D eigenvalue weighted by molar-refractivity contribution is -0.154. The maximum absolute atomic E-state index is 12.0. The van der Waals surface area contributed by atoms with E-state index in [0.29, 0.717) is 0 Å². The average Bonchev–Trinajstić information content (AvgIpc) is 2.52. The smallest absolute Gasteiger partial charge is 0.375 e. The molecule has 8 nitrogen and oxygen atoms in total. The number of carboxylic acids is 1. The van der Waals surface area contributed by atoms with Gasteiger partial charge < -0.3 is 15.3 Å². The second-order valence-electron chi connectivity index (χ2n) is 5.00. The molecular formula is C14H13N3O5. The molecule has 0 aromatic heterocycles. The van der Waals surface area contributed by atoms with E-state index in [1.165, 1.54) is 0 Å². The lowest BCUT2D eigenvalue weighted by Gasteiger charge is -2.46. The minimum Gasteiger partial charge on any atom is -0.475 e. The van der Waals surface area contributed by atoms with Gasteiger partial charge in [0.1, 0.15) is 18.7 Å². The van der Waals surface area contributed by atoms with E-state index in [-0.39, 0.29) is 18.9 Å². The van der Waals surface area contributed by atoms with Gasteiger partial charge in [-0.05, 0) is 5.56 Å². The summed E-state index contributed by atoms with van der Waals surface area (Å²) in [5, 5.41) is 14.9. The van der Waals surface area contributed by atoms with Gasteiger partial charge in [-0.1, -0.05) is 35.5 Å². The Morgan fingerprint density at radius 3 is 2.77 bits per heavy atom. The third-order valence-electron chi connectivity index (χ3n) is 3.56. The van der Waals surface area contributed by atoms with E-state index in [0.717, 1.165) is 10.5 Å². The Kier molecular flexibility index (Phi) is 3.50. The number of oxime groups is 1. The fourth-order valence-corrected chi connectivity index (χ4v) is 2.50. The molecule has 1 aromatic rings. The molecule has 0 spiro atoms. The van der Waals surface area contributed by atoms with E-state index < -0.39 is 29.8 Å². The average molecular weight is 303 g/mol. The molecule has 0 aliphatic carbocycles. The van der Waals surface area contributed by atoms with Gasteiger partial charge in [-0.15, -0.1) is 0 Å². The number of fused-ring (bicyclic) bond motifs is 1. The van der Waals surface area contributed by atoms with Crippen molar-refractivity contribution in [3.8, 4) is 0 Å². The molecule has 2 aliphatic rings. The summed E-state index contributed by atoms with van der Waals surface area (Å²) >= 11 is 0. The van der Waals surface area contributed by atoms with Crippen LogP contribution in [0.2, 0.25) is 0 Å². The quantitative estimate of drug-likeness (QED) is 0.719. The first-order valence-electron chi connectivity index (χ1n) is 6.67. The Labute approximate surface area is 125 Å². The number of carbonyl (C=O) groups is 3. The molecule has 0 saturated carbocycles. The van der Waals surface area contributed by atoms with Crippen molar-refractivity contribution < 1.29 is 24.3 Å². The Bertz CT molecular complexity index is 658. The molecule has 2 amide bonds. The molecule has 3 rings (SSSR count). The van der Waals surface area contributed by atoms with Crippen LogP contribution in [-0.2, 0) is 25.6 Å². The molecule has 1 saturated heterocycles. The van der Waals surface area contributed by atoms with Crippen LogP contribution in [0.25, 0.3) is 0 Å². The number of hydrogen-bond acceptors (Lipinski definition) is 5. The normalized spacial score (nSPS) is 22.8. The largest absolute Gasteiger partial charge is 0.475 e. The zero-order chi connectivity index (χ0) is 15.7. The van der Waals surface area contributed by atoms with Gasteiger partial charge >= 0.3 is 5.97 Å². The van der Waals surface area contributed by atoms with Crippen LogP contribution in [0, 0.1) is 0 Å². The zero-order valence-electron chi connectivity index (χ0n) is 11.4. The SMILES string of the molecule is O=C(Cc1ccccc1)N[C@H]1C(=O)N2C(C(=O)O)=NOC[C@@H]12. The van der Waals surface area contributed by atoms with E-state index >= 15 is 0 Å². The van der Waals surface area contributed by atoms with Crippen LogP contribution in [0.4, 0.5) is 0 Å². The Balaban J connectivity index is 1.63. The van der Waals surface area contributed by atoms with Gasteiger partial charge in [0.05, 0.1) is 6.42 Å². The predicted molar refractivity (Wildman–Crippen MR) is 73.7 cm³/mol. The fourth-order valence-electron chi connectivity index (χ4n) is 2.50. The van der Waals surface area contributed by atoms with Gasteiger partial charge in [-0.25, -0.2) is 4.79 Å². The van der Waals surface area contributed by atoms with Crippen molar-refractivity contribution in [2.45, 2.75) is 18.5 Å². The molecule has 0 bridgehead atoms. The molecular weight excluding hydrogens is 290 g/mol. The highest BCUT2D eigenvalue weighted by Gasteiger charge is 2.54. The summed E-state index contributed by atoms with van der Waals surface area (Å²) in [4.78, 5) is 40.8. The predicted octanol–water partition coefficient (Wildman–Crippen LogP) is -0.647. The highest BCUT2D eigenvalue weighted by atomic mass is 16.6. The zero-order valence-corrected chi connectivity index (χ0v) is 11.4. The van der Waals surface area contributed by atoms with Gasteiger partial charge in [0.15, 0.2) is 0 Å². The van der Waals surface area contributed by atoms with Crippen LogP contribution in [0.1, 0.15) is 5.56 Å². The summed E-state index contributed by atoms with van der Waals surface area (Å²) in [6, 6.07) is 7.81. The number of rotatable bonds is 4. The molecule has 2 aliphatic heterocycles. The summed E-state index contributed by atoms with van der Waals surface area (Å²) in [5.74, 6) is -2.58. The molecule has 2 heterocycles. The number of nitrogens with one attached hydrogen (secondary N) is 1. The van der Waals surface area contributed by atoms with Crippen LogP contribution in [0.15, 0.2) is 35.5 Å². The number of carbonyl (C=O) groups excluding carboxylic acids is 2. The third-order valence-corrected chi connectivity index (χ3v) is 3.56. The maximum Gasteiger partial charge on any atom is 0.375 e. The number of amidine groups is 1. The second-order valence-corrected chi connectivity index (χ2v) is 5.00. The van der Waals surface area contributed by atoms with Gasteiger partial charge in [0.25, 0.3) is 11.7 Å². The summed E-state index contributed by atoms with van der Waals surface area (Å²) in [5.41, 5.74) is 0.830. The molecule has 0 radical (unpaired) electrons. The van der Waals surface area contributed by atoms with Crippen LogP contribution >= 0.6 is 0 Å². The van der Waals surface area contributed by atoms with Crippen molar-refractivity contribution in [2.24, 2.45) is 5.16 Å². The van der Waals surface area contributed by atoms with Crippen molar-refractivity contribution in [1.29, 1.82) is 0 Å². The minimum absolute atomic E-state index is 0.0544. The van der Waals surface area contributed by atoms with Crippen molar-refractivity contribution in [3.63, 3.8) is 0 Å². The lowest BCUT2D eigenvalue weighted by Crippen LogP contribution is -2.75. The lowest BCUT2D eigenvalue weighted by atomic mass is 9.94. The van der Waals surface area contributed by atoms with E-state index in [9.17, 15) is 14.4 Å². The van der Waals surface area contributed by atoms with E-state index in [2.05, 4.69) is 10.5 Å². The molecule has 2 N–H and O–H groups in total. The number of hydrogen-bond donors (Lipinski definition) is 2. The molecule has 8 heteroatoms. The van der Waals surface area contributed by atoms with Gasteiger partial charge in [-0.2, -0.15) is 0 Å². The molecule has 22 heavy (non-hydrogen) atoms. The second kappa shape index (κ2) is 5.47. The molecule has 0 unspecified atom stereocenters. The third kappa shape index (κ3) is 2.39. The number of β-lactam (4-membered cyclic amide) rings is 1. The van der Waals surface area contributed by atoms with E-state index in [1.54, 1.807) is 0 Å². The fraction of sp³-hybridized carbons (Fsp3) is 0.286. The minimum atomic E-state index is -1.34. The van der Waals surface area contributed by atoms with Gasteiger partial charge in [-0.3, -0.25) is 14.5 Å². The van der Waals surface area contributed by atoms with Crippen molar-refractivity contribution >= 4 is 23.6 Å². The van der Waals surface area contributed by atoms with Crippen molar-refractivity contribution in [2.75, 3.05) is 6.61 Å². The highest BCUT2D eigenvalue weighted by Crippen LogP contribution is 2.25. The number of aliphatic carboxylic acids is 1. The molecule has 114 valence electrons. The monoisotopic (exact) mass is 303 g/mol. The first-order valence-corrected chi connectivity index (χ1v) is 6.67. The Morgan fingerprint density at radius 1 is 1.36 bits per heavy atom. The Hall–Kier alpha value is -2.90. The van der Waals surface area contributed by atoms with Crippen molar-refractivity contribution in [3.05, 3.63) is 35.9 Å². The Morgan fingerprint density at radius 2 is 2.09 bits per heavy atom. The number of nitrogens with zero attached hydrogens (tertiary/aromatic N) is 2. The highest BCUT2D eigenvalue weighted by molar-refractivity contribution is 6.38. The molecule has 1 fully saturated rings. The summed E-state index contributed by atoms with van der Waals surface area (Å²) in [6.45, 7) is 0.0544. The first kappa shape index (κ1) is 14.1. The first-order chi connectivity index (χ1) is 10.6. The van der Waals surface area contributed by atoms with E-state index in [4.69, 9.17) is 9.94 Å².